The van der Waals surface area contributed by atoms with Crippen LogP contribution in [-0.2, 0) is 5.54 Å². The molecule has 1 aliphatic heterocycles. The molecule has 1 saturated heterocycles. The SMILES string of the molecule is Cc1cc(C(=O)N2C[C@@H](F)C[C@H]2CO)nn1C(C)(C)C. The van der Waals surface area contributed by atoms with Crippen LogP contribution in [0.25, 0.3) is 0 Å². The van der Waals surface area contributed by atoms with E-state index in [1.54, 1.807) is 10.7 Å². The highest BCUT2D eigenvalue weighted by Crippen LogP contribution is 2.23. The molecule has 0 unspecified atom stereocenters. The number of rotatable bonds is 2. The molecule has 2 atom stereocenters. The fourth-order valence-electron chi connectivity index (χ4n) is 2.69. The van der Waals surface area contributed by atoms with Crippen LogP contribution in [0, 0.1) is 6.92 Å². The Kier molecular flexibility index (Phi) is 3.86. The van der Waals surface area contributed by atoms with Crippen LogP contribution < -0.4 is 0 Å². The third kappa shape index (κ3) is 2.70. The zero-order chi connectivity index (χ0) is 15.1. The molecule has 20 heavy (non-hydrogen) atoms. The predicted molar refractivity (Wildman–Crippen MR) is 73.4 cm³/mol. The molecule has 0 radical (unpaired) electrons. The molecular formula is C14H22FN3O2. The summed E-state index contributed by atoms with van der Waals surface area (Å²) in [5, 5.41) is 13.6. The first-order chi connectivity index (χ1) is 9.24. The summed E-state index contributed by atoms with van der Waals surface area (Å²) in [5.41, 5.74) is 0.981. The summed E-state index contributed by atoms with van der Waals surface area (Å²) in [4.78, 5) is 13.8. The Morgan fingerprint density at radius 2 is 2.20 bits per heavy atom. The van der Waals surface area contributed by atoms with E-state index >= 15 is 0 Å². The van der Waals surface area contributed by atoms with Gasteiger partial charge in [-0.2, -0.15) is 5.10 Å². The van der Waals surface area contributed by atoms with Crippen LogP contribution in [0.15, 0.2) is 6.07 Å². The minimum atomic E-state index is -1.07. The lowest BCUT2D eigenvalue weighted by molar-refractivity contribution is 0.0665. The first-order valence-electron chi connectivity index (χ1n) is 6.87. The highest BCUT2D eigenvalue weighted by atomic mass is 19.1. The predicted octanol–water partition coefficient (Wildman–Crippen LogP) is 1.49. The fraction of sp³-hybridized carbons (Fsp3) is 0.714. The lowest BCUT2D eigenvalue weighted by Gasteiger charge is -2.22. The molecular weight excluding hydrogens is 261 g/mol. The molecule has 0 spiro atoms. The zero-order valence-electron chi connectivity index (χ0n) is 12.4. The van der Waals surface area contributed by atoms with E-state index in [1.807, 2.05) is 27.7 Å². The number of aryl methyl sites for hydroxylation is 1. The van der Waals surface area contributed by atoms with Gasteiger partial charge in [0.05, 0.1) is 24.7 Å². The van der Waals surface area contributed by atoms with Crippen molar-refractivity contribution in [3.8, 4) is 0 Å². The Balaban J connectivity index is 2.26. The van der Waals surface area contributed by atoms with Crippen molar-refractivity contribution in [2.45, 2.75) is 51.9 Å². The lowest BCUT2D eigenvalue weighted by atomic mass is 10.1. The molecule has 1 aromatic heterocycles. The molecule has 1 aliphatic rings. The smallest absolute Gasteiger partial charge is 0.274 e. The summed E-state index contributed by atoms with van der Waals surface area (Å²) < 4.78 is 15.2. The van der Waals surface area contributed by atoms with E-state index in [0.717, 1.165) is 5.69 Å². The molecule has 0 bridgehead atoms. The molecule has 5 nitrogen and oxygen atoms in total. The largest absolute Gasteiger partial charge is 0.394 e. The average molecular weight is 283 g/mol. The number of carbonyl (C=O) groups is 1. The van der Waals surface area contributed by atoms with Gasteiger partial charge in [0.1, 0.15) is 6.17 Å². The molecule has 1 fully saturated rings. The van der Waals surface area contributed by atoms with Gasteiger partial charge in [-0.1, -0.05) is 0 Å². The second kappa shape index (κ2) is 5.16. The van der Waals surface area contributed by atoms with Gasteiger partial charge < -0.3 is 10.0 Å². The Morgan fingerprint density at radius 3 is 2.70 bits per heavy atom. The van der Waals surface area contributed by atoms with Gasteiger partial charge in [0.2, 0.25) is 0 Å². The first-order valence-corrected chi connectivity index (χ1v) is 6.87. The van der Waals surface area contributed by atoms with Crippen LogP contribution in [0.1, 0.15) is 43.4 Å². The standard InChI is InChI=1S/C14H22FN3O2/c1-9-5-12(16-18(9)14(2,3)4)13(20)17-7-10(15)6-11(17)8-19/h5,10-11,19H,6-8H2,1-4H3/t10-,11-/m0/s1. The second-order valence-electron chi connectivity index (χ2n) is 6.38. The number of nitrogens with zero attached hydrogens (tertiary/aromatic N) is 3. The summed E-state index contributed by atoms with van der Waals surface area (Å²) in [6.45, 7) is 7.72. The molecule has 0 saturated carbocycles. The van der Waals surface area contributed by atoms with Gasteiger partial charge in [-0.3, -0.25) is 9.48 Å². The number of aliphatic hydroxyl groups is 1. The van der Waals surface area contributed by atoms with E-state index in [1.165, 1.54) is 4.90 Å². The van der Waals surface area contributed by atoms with Gasteiger partial charge in [0.15, 0.2) is 5.69 Å². The van der Waals surface area contributed by atoms with Crippen LogP contribution in [0.2, 0.25) is 0 Å². The average Bonchev–Trinajstić information content (AvgIpc) is 2.90. The van der Waals surface area contributed by atoms with Gasteiger partial charge in [0, 0.05) is 12.1 Å². The molecule has 1 aromatic rings. The summed E-state index contributed by atoms with van der Waals surface area (Å²) in [5.74, 6) is -0.310. The third-order valence-corrected chi connectivity index (χ3v) is 3.58. The topological polar surface area (TPSA) is 58.4 Å². The maximum Gasteiger partial charge on any atom is 0.274 e. The second-order valence-corrected chi connectivity index (χ2v) is 6.38. The summed E-state index contributed by atoms with van der Waals surface area (Å²) >= 11 is 0. The number of aromatic nitrogens is 2. The van der Waals surface area contributed by atoms with E-state index in [0.29, 0.717) is 5.69 Å². The van der Waals surface area contributed by atoms with E-state index < -0.39 is 12.2 Å². The van der Waals surface area contributed by atoms with Crippen molar-refractivity contribution >= 4 is 5.91 Å². The quantitative estimate of drug-likeness (QED) is 0.894. The van der Waals surface area contributed by atoms with Crippen molar-refractivity contribution in [3.63, 3.8) is 0 Å². The maximum absolute atomic E-state index is 13.4. The third-order valence-electron chi connectivity index (χ3n) is 3.58. The Hall–Kier alpha value is -1.43. The van der Waals surface area contributed by atoms with Crippen LogP contribution in [-0.4, -0.2) is 51.1 Å². The van der Waals surface area contributed by atoms with Gasteiger partial charge in [-0.25, -0.2) is 4.39 Å². The first kappa shape index (κ1) is 15.0. The van der Waals surface area contributed by atoms with Gasteiger partial charge in [-0.05, 0) is 33.8 Å². The van der Waals surface area contributed by atoms with Crippen LogP contribution in [0.3, 0.4) is 0 Å². The zero-order valence-corrected chi connectivity index (χ0v) is 12.4. The van der Waals surface area contributed by atoms with Gasteiger partial charge >= 0.3 is 0 Å². The molecule has 6 heteroatoms. The number of halogens is 1. The minimum absolute atomic E-state index is 0.0332. The fourth-order valence-corrected chi connectivity index (χ4v) is 2.69. The van der Waals surface area contributed by atoms with E-state index in [2.05, 4.69) is 5.10 Å². The van der Waals surface area contributed by atoms with Gasteiger partial charge in [-0.15, -0.1) is 0 Å². The maximum atomic E-state index is 13.4. The number of alkyl halides is 1. The molecule has 2 rings (SSSR count). The van der Waals surface area contributed by atoms with Gasteiger partial charge in [0.25, 0.3) is 5.91 Å². The molecule has 1 N–H and O–H groups in total. The monoisotopic (exact) mass is 283 g/mol. The van der Waals surface area contributed by atoms with E-state index in [-0.39, 0.29) is 31.0 Å². The van der Waals surface area contributed by atoms with Crippen molar-refractivity contribution in [1.82, 2.24) is 14.7 Å². The van der Waals surface area contributed by atoms with Crippen LogP contribution >= 0.6 is 0 Å². The summed E-state index contributed by atoms with van der Waals surface area (Å²) in [7, 11) is 0. The number of likely N-dealkylation sites (tertiary alicyclic amines) is 1. The van der Waals surface area contributed by atoms with Crippen molar-refractivity contribution in [2.24, 2.45) is 0 Å². The molecule has 0 aliphatic carbocycles. The lowest BCUT2D eigenvalue weighted by Crippen LogP contribution is -2.38. The summed E-state index contributed by atoms with van der Waals surface area (Å²) in [6, 6.07) is 1.27. The Morgan fingerprint density at radius 1 is 1.55 bits per heavy atom. The van der Waals surface area contributed by atoms with Crippen molar-refractivity contribution in [2.75, 3.05) is 13.2 Å². The van der Waals surface area contributed by atoms with Crippen molar-refractivity contribution < 1.29 is 14.3 Å². The number of hydrogen-bond donors (Lipinski definition) is 1. The van der Waals surface area contributed by atoms with Crippen molar-refractivity contribution in [1.29, 1.82) is 0 Å². The number of aliphatic hydroxyl groups excluding tert-OH is 1. The molecule has 2 heterocycles. The van der Waals surface area contributed by atoms with Crippen LogP contribution in [0.5, 0.6) is 0 Å². The molecule has 112 valence electrons. The molecule has 1 amide bonds. The highest BCUT2D eigenvalue weighted by molar-refractivity contribution is 5.93. The highest BCUT2D eigenvalue weighted by Gasteiger charge is 2.36. The van der Waals surface area contributed by atoms with Crippen LogP contribution in [0.4, 0.5) is 4.39 Å². The number of hydrogen-bond acceptors (Lipinski definition) is 3. The normalized spacial score (nSPS) is 23.4. The van der Waals surface area contributed by atoms with Crippen molar-refractivity contribution in [3.05, 3.63) is 17.5 Å². The minimum Gasteiger partial charge on any atom is -0.394 e. The van der Waals surface area contributed by atoms with E-state index in [9.17, 15) is 14.3 Å². The Labute approximate surface area is 118 Å². The van der Waals surface area contributed by atoms with E-state index in [4.69, 9.17) is 0 Å². The molecule has 0 aromatic carbocycles. The number of amides is 1. The number of carbonyl (C=O) groups excluding carboxylic acids is 1. The Bertz CT molecular complexity index is 507. The summed E-state index contributed by atoms with van der Waals surface area (Å²) in [6.07, 6.45) is -0.872.